The second-order valence-corrected chi connectivity index (χ2v) is 4.59. The third-order valence-corrected chi connectivity index (χ3v) is 3.19. The molecule has 0 heterocycles. The van der Waals surface area contributed by atoms with E-state index in [-0.39, 0.29) is 5.97 Å². The van der Waals surface area contributed by atoms with E-state index in [2.05, 4.69) is 4.74 Å². The fourth-order valence-corrected chi connectivity index (χ4v) is 2.02. The molecule has 0 unspecified atom stereocenters. The van der Waals surface area contributed by atoms with Crippen LogP contribution in [-0.2, 0) is 9.53 Å². The highest BCUT2D eigenvalue weighted by atomic mass is 35.5. The highest BCUT2D eigenvalue weighted by Gasteiger charge is 2.00. The summed E-state index contributed by atoms with van der Waals surface area (Å²) in [5.74, 6) is 0.767. The molecule has 0 aliphatic heterocycles. The van der Waals surface area contributed by atoms with Gasteiger partial charge in [-0.25, -0.2) is 0 Å². The maximum Gasteiger partial charge on any atom is 0.305 e. The summed E-state index contributed by atoms with van der Waals surface area (Å²) in [4.78, 5) is 12.0. The summed E-state index contributed by atoms with van der Waals surface area (Å²) in [6.45, 7) is 0. The monoisotopic (exact) mass is 244 g/mol. The summed E-state index contributed by atoms with van der Waals surface area (Å²) in [5, 5.41) is 0.744. The summed E-state index contributed by atoms with van der Waals surface area (Å²) in [6.07, 6.45) is 1.32. The molecule has 15 heavy (non-hydrogen) atoms. The Hall–Kier alpha value is -0.670. The second-order valence-electron chi connectivity index (χ2n) is 2.98. The molecule has 0 saturated heterocycles. The van der Waals surface area contributed by atoms with Gasteiger partial charge in [-0.1, -0.05) is 11.6 Å². The number of hydrogen-bond acceptors (Lipinski definition) is 3. The van der Waals surface area contributed by atoms with Crippen molar-refractivity contribution in [3.8, 4) is 0 Å². The first kappa shape index (κ1) is 12.4. The lowest BCUT2D eigenvalue weighted by Crippen LogP contribution is -1.99. The van der Waals surface area contributed by atoms with Gasteiger partial charge in [0.1, 0.15) is 0 Å². The molecule has 1 aromatic carbocycles. The van der Waals surface area contributed by atoms with Crippen LogP contribution in [0.15, 0.2) is 29.2 Å². The van der Waals surface area contributed by atoms with Crippen LogP contribution in [-0.4, -0.2) is 18.8 Å². The standard InChI is InChI=1S/C11H13ClO2S/c1-14-11(13)3-2-8-15-10-6-4-9(12)5-7-10/h4-7H,2-3,8H2,1H3. The van der Waals surface area contributed by atoms with Crippen LogP contribution >= 0.6 is 23.4 Å². The van der Waals surface area contributed by atoms with Gasteiger partial charge >= 0.3 is 5.97 Å². The third-order valence-electron chi connectivity index (χ3n) is 1.84. The van der Waals surface area contributed by atoms with Gasteiger partial charge < -0.3 is 4.74 Å². The van der Waals surface area contributed by atoms with E-state index in [1.165, 1.54) is 12.0 Å². The molecule has 4 heteroatoms. The van der Waals surface area contributed by atoms with E-state index in [1.54, 1.807) is 11.8 Å². The van der Waals surface area contributed by atoms with E-state index in [0.29, 0.717) is 6.42 Å². The average Bonchev–Trinajstić information content (AvgIpc) is 2.26. The van der Waals surface area contributed by atoms with Crippen molar-refractivity contribution in [2.75, 3.05) is 12.9 Å². The van der Waals surface area contributed by atoms with Gasteiger partial charge in [-0.3, -0.25) is 4.79 Å². The topological polar surface area (TPSA) is 26.3 Å². The van der Waals surface area contributed by atoms with Crippen molar-refractivity contribution >= 4 is 29.3 Å². The third kappa shape index (κ3) is 5.09. The molecule has 0 saturated carbocycles. The molecule has 0 aliphatic carbocycles. The molecular weight excluding hydrogens is 232 g/mol. The second kappa shape index (κ2) is 6.75. The molecule has 0 fully saturated rings. The molecule has 0 atom stereocenters. The minimum absolute atomic E-state index is 0.147. The number of ether oxygens (including phenoxy) is 1. The zero-order valence-electron chi connectivity index (χ0n) is 8.53. The van der Waals surface area contributed by atoms with Crippen LogP contribution in [0.25, 0.3) is 0 Å². The fraction of sp³-hybridized carbons (Fsp3) is 0.364. The van der Waals surface area contributed by atoms with Crippen LogP contribution < -0.4 is 0 Å². The van der Waals surface area contributed by atoms with E-state index >= 15 is 0 Å². The Bertz CT molecular complexity index is 311. The molecule has 0 spiro atoms. The van der Waals surface area contributed by atoms with Crippen LogP contribution in [0, 0.1) is 0 Å². The normalized spacial score (nSPS) is 10.0. The molecule has 2 nitrogen and oxygen atoms in total. The van der Waals surface area contributed by atoms with Gasteiger partial charge in [0.05, 0.1) is 7.11 Å². The Morgan fingerprint density at radius 2 is 2.07 bits per heavy atom. The molecule has 82 valence electrons. The molecule has 1 aromatic rings. The number of hydrogen-bond donors (Lipinski definition) is 0. The predicted octanol–water partition coefficient (Wildman–Crippen LogP) is 3.39. The van der Waals surface area contributed by atoms with Crippen LogP contribution in [0.3, 0.4) is 0 Å². The van der Waals surface area contributed by atoms with Crippen molar-refractivity contribution in [1.29, 1.82) is 0 Å². The minimum Gasteiger partial charge on any atom is -0.469 e. The number of esters is 1. The van der Waals surface area contributed by atoms with E-state index < -0.39 is 0 Å². The predicted molar refractivity (Wildman–Crippen MR) is 63.4 cm³/mol. The zero-order chi connectivity index (χ0) is 11.1. The van der Waals surface area contributed by atoms with Crippen LogP contribution in [0.5, 0.6) is 0 Å². The molecule has 0 bridgehead atoms. The number of carbonyl (C=O) groups excluding carboxylic acids is 1. The number of carbonyl (C=O) groups is 1. The van der Waals surface area contributed by atoms with Gasteiger partial charge in [-0.15, -0.1) is 11.8 Å². The average molecular weight is 245 g/mol. The quantitative estimate of drug-likeness (QED) is 0.451. The lowest BCUT2D eigenvalue weighted by molar-refractivity contribution is -0.140. The highest BCUT2D eigenvalue weighted by molar-refractivity contribution is 7.99. The Morgan fingerprint density at radius 1 is 1.40 bits per heavy atom. The summed E-state index contributed by atoms with van der Waals surface area (Å²) >= 11 is 7.48. The Labute approximate surface area is 99.0 Å². The lowest BCUT2D eigenvalue weighted by Gasteiger charge is -2.01. The van der Waals surface area contributed by atoms with Crippen molar-refractivity contribution in [1.82, 2.24) is 0 Å². The van der Waals surface area contributed by atoms with E-state index in [9.17, 15) is 4.79 Å². The Morgan fingerprint density at radius 3 is 2.67 bits per heavy atom. The van der Waals surface area contributed by atoms with Crippen LogP contribution in [0.2, 0.25) is 5.02 Å². The van der Waals surface area contributed by atoms with E-state index in [1.807, 2.05) is 24.3 Å². The smallest absolute Gasteiger partial charge is 0.305 e. The molecule has 0 aromatic heterocycles. The fourth-order valence-electron chi connectivity index (χ4n) is 1.04. The van der Waals surface area contributed by atoms with Gasteiger partial charge in [0.2, 0.25) is 0 Å². The first-order valence-corrected chi connectivity index (χ1v) is 6.04. The Kier molecular flexibility index (Phi) is 5.58. The summed E-state index contributed by atoms with van der Waals surface area (Å²) in [5.41, 5.74) is 0. The van der Waals surface area contributed by atoms with E-state index in [4.69, 9.17) is 11.6 Å². The zero-order valence-corrected chi connectivity index (χ0v) is 10.1. The summed E-state index contributed by atoms with van der Waals surface area (Å²) in [7, 11) is 1.41. The summed E-state index contributed by atoms with van der Waals surface area (Å²) in [6, 6.07) is 7.69. The molecule has 1 rings (SSSR count). The van der Waals surface area contributed by atoms with Gasteiger partial charge in [-0.2, -0.15) is 0 Å². The first-order valence-electron chi connectivity index (χ1n) is 4.67. The van der Waals surface area contributed by atoms with Gasteiger partial charge in [0.25, 0.3) is 0 Å². The molecule has 0 radical (unpaired) electrons. The molecule has 0 N–H and O–H groups in total. The van der Waals surface area contributed by atoms with Crippen LogP contribution in [0.1, 0.15) is 12.8 Å². The van der Waals surface area contributed by atoms with Crippen molar-refractivity contribution in [2.45, 2.75) is 17.7 Å². The maximum atomic E-state index is 10.8. The molecule has 0 aliphatic rings. The van der Waals surface area contributed by atoms with Gasteiger partial charge in [0, 0.05) is 16.3 Å². The summed E-state index contributed by atoms with van der Waals surface area (Å²) < 4.78 is 4.55. The SMILES string of the molecule is COC(=O)CCCSc1ccc(Cl)cc1. The number of thioether (sulfide) groups is 1. The first-order chi connectivity index (χ1) is 7.22. The number of halogens is 1. The number of benzene rings is 1. The highest BCUT2D eigenvalue weighted by Crippen LogP contribution is 2.21. The lowest BCUT2D eigenvalue weighted by atomic mass is 10.3. The minimum atomic E-state index is -0.147. The van der Waals surface area contributed by atoms with Crippen molar-refractivity contribution in [2.24, 2.45) is 0 Å². The van der Waals surface area contributed by atoms with Crippen molar-refractivity contribution in [3.63, 3.8) is 0 Å². The number of methoxy groups -OCH3 is 1. The van der Waals surface area contributed by atoms with Gasteiger partial charge in [0.15, 0.2) is 0 Å². The maximum absolute atomic E-state index is 10.8. The van der Waals surface area contributed by atoms with E-state index in [0.717, 1.165) is 17.2 Å². The van der Waals surface area contributed by atoms with Gasteiger partial charge in [-0.05, 0) is 36.4 Å². The largest absolute Gasteiger partial charge is 0.469 e. The number of rotatable bonds is 5. The molecular formula is C11H13ClO2S. The van der Waals surface area contributed by atoms with Crippen molar-refractivity contribution in [3.05, 3.63) is 29.3 Å². The van der Waals surface area contributed by atoms with Crippen molar-refractivity contribution < 1.29 is 9.53 Å². The van der Waals surface area contributed by atoms with Crippen LogP contribution in [0.4, 0.5) is 0 Å². The Balaban J connectivity index is 2.20. The molecule has 0 amide bonds.